The smallest absolute Gasteiger partial charge is 0.241 e. The molecule has 2 amide bonds. The summed E-state index contributed by atoms with van der Waals surface area (Å²) in [7, 11) is -2.95. The molecule has 1 atom stereocenters. The number of hydrogen-bond donors (Lipinski definition) is 1. The molecular formula is C18H30N2O4S. The summed E-state index contributed by atoms with van der Waals surface area (Å²) in [6, 6.07) is 0. The molecule has 1 unspecified atom stereocenters. The second-order valence-corrected chi connectivity index (χ2v) is 10.4. The highest BCUT2D eigenvalue weighted by Crippen LogP contribution is 2.40. The van der Waals surface area contributed by atoms with Crippen LogP contribution in [0, 0.1) is 11.3 Å². The molecule has 7 heteroatoms. The van der Waals surface area contributed by atoms with Gasteiger partial charge in [-0.25, -0.2) is 8.42 Å². The van der Waals surface area contributed by atoms with Gasteiger partial charge in [0.05, 0.1) is 18.1 Å². The number of piperidine rings is 1. The van der Waals surface area contributed by atoms with Crippen LogP contribution < -0.4 is 5.32 Å². The van der Waals surface area contributed by atoms with E-state index >= 15 is 0 Å². The molecule has 2 aliphatic heterocycles. The highest BCUT2D eigenvalue weighted by Gasteiger charge is 2.45. The lowest BCUT2D eigenvalue weighted by molar-refractivity contribution is -0.135. The number of amides is 2. The van der Waals surface area contributed by atoms with Gasteiger partial charge in [0.2, 0.25) is 11.8 Å². The van der Waals surface area contributed by atoms with Gasteiger partial charge in [-0.1, -0.05) is 25.7 Å². The van der Waals surface area contributed by atoms with Crippen LogP contribution in [0.5, 0.6) is 0 Å². The lowest BCUT2D eigenvalue weighted by atomic mass is 9.79. The molecule has 0 bridgehead atoms. The molecule has 0 aromatic rings. The van der Waals surface area contributed by atoms with Gasteiger partial charge >= 0.3 is 0 Å². The first-order valence-corrected chi connectivity index (χ1v) is 11.4. The van der Waals surface area contributed by atoms with Crippen molar-refractivity contribution in [2.75, 3.05) is 31.1 Å². The number of carbonyl (C=O) groups excluding carboxylic acids is 2. The van der Waals surface area contributed by atoms with E-state index in [-0.39, 0.29) is 35.3 Å². The molecular weight excluding hydrogens is 340 g/mol. The molecule has 2 heterocycles. The summed E-state index contributed by atoms with van der Waals surface area (Å²) in [6.07, 6.45) is 8.81. The van der Waals surface area contributed by atoms with Crippen molar-refractivity contribution >= 4 is 21.7 Å². The molecule has 2 saturated heterocycles. The zero-order chi connectivity index (χ0) is 17.9. The maximum atomic E-state index is 12.4. The fourth-order valence-corrected chi connectivity index (χ4v) is 6.94. The number of nitrogens with one attached hydrogen (secondary N) is 1. The van der Waals surface area contributed by atoms with E-state index in [1.165, 1.54) is 25.7 Å². The van der Waals surface area contributed by atoms with Gasteiger partial charge in [0.15, 0.2) is 9.84 Å². The molecule has 142 valence electrons. The first kappa shape index (κ1) is 18.7. The molecule has 3 fully saturated rings. The fraction of sp³-hybridized carbons (Fsp3) is 0.889. The number of carbonyl (C=O) groups is 2. The fourth-order valence-electron chi connectivity index (χ4n) is 4.73. The molecule has 1 aliphatic carbocycles. The normalized spacial score (nSPS) is 29.2. The monoisotopic (exact) mass is 370 g/mol. The summed E-state index contributed by atoms with van der Waals surface area (Å²) in [5.41, 5.74) is -0.251. The van der Waals surface area contributed by atoms with E-state index in [0.29, 0.717) is 31.8 Å². The summed E-state index contributed by atoms with van der Waals surface area (Å²) >= 11 is 0. The number of rotatable bonds is 5. The quantitative estimate of drug-likeness (QED) is 0.795. The summed E-state index contributed by atoms with van der Waals surface area (Å²) in [6.45, 7) is 1.22. The number of likely N-dealkylation sites (tertiary alicyclic amines) is 1. The largest absolute Gasteiger partial charge is 0.347 e. The highest BCUT2D eigenvalue weighted by molar-refractivity contribution is 7.91. The van der Waals surface area contributed by atoms with E-state index in [4.69, 9.17) is 0 Å². The van der Waals surface area contributed by atoms with Crippen LogP contribution in [0.4, 0.5) is 0 Å². The molecule has 0 aromatic heterocycles. The van der Waals surface area contributed by atoms with E-state index < -0.39 is 9.84 Å². The number of nitrogens with zero attached hydrogens (tertiary/aromatic N) is 1. The Morgan fingerprint density at radius 3 is 2.56 bits per heavy atom. The first-order valence-electron chi connectivity index (χ1n) is 9.62. The Morgan fingerprint density at radius 2 is 1.88 bits per heavy atom. The van der Waals surface area contributed by atoms with Crippen molar-refractivity contribution in [3.05, 3.63) is 0 Å². The third-order valence-corrected chi connectivity index (χ3v) is 8.05. The molecule has 1 N–H and O–H groups in total. The van der Waals surface area contributed by atoms with Crippen molar-refractivity contribution in [1.82, 2.24) is 10.2 Å². The van der Waals surface area contributed by atoms with Crippen molar-refractivity contribution in [3.63, 3.8) is 0 Å². The van der Waals surface area contributed by atoms with E-state index in [9.17, 15) is 18.0 Å². The average Bonchev–Trinajstić information content (AvgIpc) is 3.19. The third kappa shape index (κ3) is 4.96. The van der Waals surface area contributed by atoms with Crippen LogP contribution in [0.3, 0.4) is 0 Å². The van der Waals surface area contributed by atoms with Gasteiger partial charge in [-0.05, 0) is 31.6 Å². The molecule has 0 radical (unpaired) electrons. The Hall–Kier alpha value is -1.11. The second kappa shape index (κ2) is 7.64. The van der Waals surface area contributed by atoms with Gasteiger partial charge < -0.3 is 10.2 Å². The van der Waals surface area contributed by atoms with Gasteiger partial charge in [-0.15, -0.1) is 0 Å². The van der Waals surface area contributed by atoms with Gasteiger partial charge in [0.1, 0.15) is 0 Å². The molecule has 6 nitrogen and oxygen atoms in total. The van der Waals surface area contributed by atoms with Gasteiger partial charge in [-0.3, -0.25) is 9.59 Å². The molecule has 1 saturated carbocycles. The minimum absolute atomic E-state index is 0.0341. The predicted octanol–water partition coefficient (Wildman–Crippen LogP) is 1.50. The van der Waals surface area contributed by atoms with Crippen LogP contribution in [0.15, 0.2) is 0 Å². The number of hydrogen-bond acceptors (Lipinski definition) is 4. The van der Waals surface area contributed by atoms with Crippen molar-refractivity contribution in [3.8, 4) is 0 Å². The average molecular weight is 371 g/mol. The molecule has 3 aliphatic rings. The Balaban J connectivity index is 1.42. The van der Waals surface area contributed by atoms with Crippen LogP contribution in [0.2, 0.25) is 0 Å². The Bertz CT molecular complexity index is 613. The van der Waals surface area contributed by atoms with E-state index in [0.717, 1.165) is 19.3 Å². The standard InChI is InChI=1S/C18H30N2O4S/c21-16(7-6-15-4-1-2-5-15)19-12-17(22)20-10-3-8-18(13-20)9-11-25(23,24)14-18/h15H,1-14H2,(H,19,21). The minimum atomic E-state index is -2.95. The molecule has 0 aromatic carbocycles. The van der Waals surface area contributed by atoms with Crippen LogP contribution in [0.25, 0.3) is 0 Å². The first-order chi connectivity index (χ1) is 11.9. The molecule has 1 spiro atoms. The van der Waals surface area contributed by atoms with Crippen molar-refractivity contribution in [2.24, 2.45) is 11.3 Å². The van der Waals surface area contributed by atoms with Crippen molar-refractivity contribution in [1.29, 1.82) is 0 Å². The van der Waals surface area contributed by atoms with Crippen LogP contribution >= 0.6 is 0 Å². The summed E-state index contributed by atoms with van der Waals surface area (Å²) in [4.78, 5) is 26.1. The lowest BCUT2D eigenvalue weighted by Gasteiger charge is -2.39. The van der Waals surface area contributed by atoms with E-state index in [1.807, 2.05) is 0 Å². The van der Waals surface area contributed by atoms with Crippen LogP contribution in [-0.4, -0.2) is 56.3 Å². The zero-order valence-electron chi connectivity index (χ0n) is 15.0. The molecule has 25 heavy (non-hydrogen) atoms. The maximum Gasteiger partial charge on any atom is 0.241 e. The van der Waals surface area contributed by atoms with E-state index in [1.54, 1.807) is 4.90 Å². The van der Waals surface area contributed by atoms with Gasteiger partial charge in [0, 0.05) is 24.9 Å². The Morgan fingerprint density at radius 1 is 1.12 bits per heavy atom. The highest BCUT2D eigenvalue weighted by atomic mass is 32.2. The Kier molecular flexibility index (Phi) is 5.71. The molecule has 3 rings (SSSR count). The topological polar surface area (TPSA) is 83.6 Å². The van der Waals surface area contributed by atoms with Gasteiger partial charge in [0.25, 0.3) is 0 Å². The van der Waals surface area contributed by atoms with Crippen LogP contribution in [-0.2, 0) is 19.4 Å². The maximum absolute atomic E-state index is 12.4. The minimum Gasteiger partial charge on any atom is -0.347 e. The van der Waals surface area contributed by atoms with Gasteiger partial charge in [-0.2, -0.15) is 0 Å². The predicted molar refractivity (Wildman–Crippen MR) is 95.7 cm³/mol. The van der Waals surface area contributed by atoms with E-state index in [2.05, 4.69) is 5.32 Å². The second-order valence-electron chi connectivity index (χ2n) is 8.23. The van der Waals surface area contributed by atoms with Crippen molar-refractivity contribution in [2.45, 2.75) is 57.8 Å². The third-order valence-electron chi connectivity index (χ3n) is 6.17. The summed E-state index contributed by atoms with van der Waals surface area (Å²) in [5, 5.41) is 2.75. The Labute approximate surface area is 150 Å². The SMILES string of the molecule is O=C(CCC1CCCC1)NCC(=O)N1CCCC2(CCS(=O)(=O)C2)C1. The number of sulfone groups is 1. The van der Waals surface area contributed by atoms with Crippen LogP contribution in [0.1, 0.15) is 57.8 Å². The lowest BCUT2D eigenvalue weighted by Crippen LogP contribution is -2.49. The van der Waals surface area contributed by atoms with Crippen molar-refractivity contribution < 1.29 is 18.0 Å². The summed E-state index contributed by atoms with van der Waals surface area (Å²) in [5.74, 6) is 0.991. The zero-order valence-corrected chi connectivity index (χ0v) is 15.8. The summed E-state index contributed by atoms with van der Waals surface area (Å²) < 4.78 is 23.6.